The first-order valence-corrected chi connectivity index (χ1v) is 9.73. The van der Waals surface area contributed by atoms with Crippen molar-refractivity contribution in [2.45, 2.75) is 44.4 Å². The molecular formula is C24H24FNO2. The Hall–Kier alpha value is -2.93. The van der Waals surface area contributed by atoms with Crippen molar-refractivity contribution >= 4 is 5.97 Å². The van der Waals surface area contributed by atoms with Gasteiger partial charge >= 0.3 is 5.97 Å². The van der Waals surface area contributed by atoms with Crippen LogP contribution in [0.1, 0.15) is 65.9 Å². The number of allylic oxidation sites excluding steroid dienone is 1. The number of nitrogens with zero attached hydrogens (tertiary/aromatic N) is 1. The van der Waals surface area contributed by atoms with Crippen LogP contribution in [0.2, 0.25) is 0 Å². The number of hydrogen-bond acceptors (Lipinski definition) is 3. The first-order chi connectivity index (χ1) is 13.6. The smallest absolute Gasteiger partial charge is 0.343 e. The van der Waals surface area contributed by atoms with Gasteiger partial charge in [0.2, 0.25) is 0 Å². The van der Waals surface area contributed by atoms with Crippen LogP contribution in [0.5, 0.6) is 5.75 Å². The highest BCUT2D eigenvalue weighted by Crippen LogP contribution is 2.37. The van der Waals surface area contributed by atoms with E-state index in [1.165, 1.54) is 49.8 Å². The van der Waals surface area contributed by atoms with Gasteiger partial charge in [-0.3, -0.25) is 0 Å². The summed E-state index contributed by atoms with van der Waals surface area (Å²) in [4.78, 5) is 12.3. The van der Waals surface area contributed by atoms with E-state index in [-0.39, 0.29) is 11.3 Å². The van der Waals surface area contributed by atoms with Gasteiger partial charge in [-0.05, 0) is 80.2 Å². The van der Waals surface area contributed by atoms with Gasteiger partial charge in [0.05, 0.1) is 11.1 Å². The summed E-state index contributed by atoms with van der Waals surface area (Å²) in [5, 5.41) is 8.75. The molecule has 4 heteroatoms. The van der Waals surface area contributed by atoms with E-state index >= 15 is 0 Å². The molecular weight excluding hydrogens is 353 g/mol. The van der Waals surface area contributed by atoms with Crippen molar-refractivity contribution in [2.24, 2.45) is 5.92 Å². The lowest BCUT2D eigenvalue weighted by Gasteiger charge is -2.28. The number of esters is 1. The Morgan fingerprint density at radius 2 is 1.89 bits per heavy atom. The van der Waals surface area contributed by atoms with Gasteiger partial charge in [-0.2, -0.15) is 5.26 Å². The van der Waals surface area contributed by atoms with Crippen LogP contribution >= 0.6 is 0 Å². The zero-order valence-corrected chi connectivity index (χ0v) is 15.9. The molecule has 144 valence electrons. The van der Waals surface area contributed by atoms with Gasteiger partial charge in [-0.1, -0.05) is 18.2 Å². The molecule has 1 fully saturated rings. The maximum Gasteiger partial charge on any atom is 0.343 e. The molecule has 0 atom stereocenters. The Kier molecular flexibility index (Phi) is 6.60. The summed E-state index contributed by atoms with van der Waals surface area (Å²) in [5.41, 5.74) is 1.60. The molecule has 0 aromatic heterocycles. The van der Waals surface area contributed by atoms with Gasteiger partial charge in [-0.15, -0.1) is 6.58 Å². The van der Waals surface area contributed by atoms with Crippen molar-refractivity contribution in [1.82, 2.24) is 0 Å². The second-order valence-corrected chi connectivity index (χ2v) is 7.35. The lowest BCUT2D eigenvalue weighted by molar-refractivity contribution is 0.0734. The molecule has 0 bridgehead atoms. The number of halogens is 1. The summed E-state index contributed by atoms with van der Waals surface area (Å²) < 4.78 is 18.9. The third kappa shape index (κ3) is 4.86. The molecule has 0 saturated heterocycles. The van der Waals surface area contributed by atoms with E-state index in [9.17, 15) is 9.18 Å². The SMILES string of the molecule is C=CCC[C@H]1CC[C@H](c2ccc(C(=O)Oc3ccc(C#N)c(F)c3)cc2)CC1. The molecule has 2 aromatic carbocycles. The van der Waals surface area contributed by atoms with Gasteiger partial charge in [0.15, 0.2) is 0 Å². The molecule has 0 spiro atoms. The summed E-state index contributed by atoms with van der Waals surface area (Å²) in [6.07, 6.45) is 9.16. The number of rotatable bonds is 6. The maximum absolute atomic E-state index is 13.6. The maximum atomic E-state index is 13.6. The molecule has 3 nitrogen and oxygen atoms in total. The van der Waals surface area contributed by atoms with E-state index in [0.717, 1.165) is 18.4 Å². The summed E-state index contributed by atoms with van der Waals surface area (Å²) >= 11 is 0. The highest BCUT2D eigenvalue weighted by molar-refractivity contribution is 5.91. The van der Waals surface area contributed by atoms with Crippen LogP contribution in [-0.4, -0.2) is 5.97 Å². The summed E-state index contributed by atoms with van der Waals surface area (Å²) in [6, 6.07) is 13.0. The Labute approximate surface area is 165 Å². The quantitative estimate of drug-likeness (QED) is 0.344. The van der Waals surface area contributed by atoms with Crippen LogP contribution in [-0.2, 0) is 0 Å². The zero-order valence-electron chi connectivity index (χ0n) is 15.9. The third-order valence-electron chi connectivity index (χ3n) is 5.52. The van der Waals surface area contributed by atoms with Crippen LogP contribution in [0.4, 0.5) is 4.39 Å². The molecule has 0 radical (unpaired) electrons. The van der Waals surface area contributed by atoms with Crippen LogP contribution in [0.3, 0.4) is 0 Å². The second kappa shape index (κ2) is 9.32. The average molecular weight is 377 g/mol. The minimum atomic E-state index is -0.702. The van der Waals surface area contributed by atoms with Crippen LogP contribution < -0.4 is 4.74 Å². The van der Waals surface area contributed by atoms with E-state index in [1.807, 2.05) is 18.2 Å². The monoisotopic (exact) mass is 377 g/mol. The minimum absolute atomic E-state index is 0.0802. The molecule has 0 heterocycles. The van der Waals surface area contributed by atoms with Crippen LogP contribution in [0.25, 0.3) is 0 Å². The number of carbonyl (C=O) groups excluding carboxylic acids is 1. The highest BCUT2D eigenvalue weighted by atomic mass is 19.1. The minimum Gasteiger partial charge on any atom is -0.423 e. The van der Waals surface area contributed by atoms with Crippen molar-refractivity contribution in [3.63, 3.8) is 0 Å². The molecule has 2 aromatic rings. The van der Waals surface area contributed by atoms with Crippen molar-refractivity contribution < 1.29 is 13.9 Å². The first kappa shape index (κ1) is 19.8. The van der Waals surface area contributed by atoms with Crippen molar-refractivity contribution in [3.8, 4) is 11.8 Å². The molecule has 0 amide bonds. The molecule has 0 N–H and O–H groups in total. The lowest BCUT2D eigenvalue weighted by atomic mass is 9.77. The number of hydrogen-bond donors (Lipinski definition) is 0. The molecule has 1 aliphatic carbocycles. The first-order valence-electron chi connectivity index (χ1n) is 9.73. The predicted molar refractivity (Wildman–Crippen MR) is 107 cm³/mol. The normalized spacial score (nSPS) is 18.9. The number of nitriles is 1. The topological polar surface area (TPSA) is 50.1 Å². The van der Waals surface area contributed by atoms with Gasteiger partial charge in [-0.25, -0.2) is 9.18 Å². The van der Waals surface area contributed by atoms with Crippen LogP contribution in [0.15, 0.2) is 55.1 Å². The standard InChI is InChI=1S/C24H24FNO2/c1-2-3-4-17-5-7-18(8-6-17)19-9-11-20(12-10-19)24(27)28-22-14-13-21(16-26)23(25)15-22/h2,9-15,17-18H,1,3-8H2/t17-,18-. The van der Waals surface area contributed by atoms with Gasteiger partial charge in [0.1, 0.15) is 17.6 Å². The Balaban J connectivity index is 1.58. The molecule has 3 rings (SSSR count). The highest BCUT2D eigenvalue weighted by Gasteiger charge is 2.22. The van der Waals surface area contributed by atoms with Gasteiger partial charge in [0.25, 0.3) is 0 Å². The number of benzene rings is 2. The van der Waals surface area contributed by atoms with Crippen LogP contribution in [0, 0.1) is 23.1 Å². The largest absolute Gasteiger partial charge is 0.423 e. The zero-order chi connectivity index (χ0) is 19.9. The Morgan fingerprint density at radius 1 is 1.18 bits per heavy atom. The van der Waals surface area contributed by atoms with Gasteiger partial charge < -0.3 is 4.74 Å². The summed E-state index contributed by atoms with van der Waals surface area (Å²) in [6.45, 7) is 3.80. The summed E-state index contributed by atoms with van der Waals surface area (Å²) in [5.74, 6) is 0.188. The van der Waals surface area contributed by atoms with E-state index < -0.39 is 11.8 Å². The van der Waals surface area contributed by atoms with E-state index in [4.69, 9.17) is 10.00 Å². The van der Waals surface area contributed by atoms with E-state index in [2.05, 4.69) is 6.58 Å². The molecule has 0 unspecified atom stereocenters. The number of ether oxygens (including phenoxy) is 1. The fourth-order valence-corrected chi connectivity index (χ4v) is 3.85. The van der Waals surface area contributed by atoms with Crippen molar-refractivity contribution in [3.05, 3.63) is 77.6 Å². The summed E-state index contributed by atoms with van der Waals surface area (Å²) in [7, 11) is 0. The lowest BCUT2D eigenvalue weighted by Crippen LogP contribution is -2.14. The fourth-order valence-electron chi connectivity index (χ4n) is 3.85. The molecule has 28 heavy (non-hydrogen) atoms. The Morgan fingerprint density at radius 3 is 2.50 bits per heavy atom. The van der Waals surface area contributed by atoms with Crippen molar-refractivity contribution in [2.75, 3.05) is 0 Å². The van der Waals surface area contributed by atoms with E-state index in [1.54, 1.807) is 18.2 Å². The molecule has 1 aliphatic rings. The van der Waals surface area contributed by atoms with Gasteiger partial charge in [0, 0.05) is 6.07 Å². The Bertz CT molecular complexity index is 874. The molecule has 0 aliphatic heterocycles. The fraction of sp³-hybridized carbons (Fsp3) is 0.333. The van der Waals surface area contributed by atoms with E-state index in [0.29, 0.717) is 11.5 Å². The molecule has 1 saturated carbocycles. The third-order valence-corrected chi connectivity index (χ3v) is 5.52. The van der Waals surface area contributed by atoms with Crippen molar-refractivity contribution in [1.29, 1.82) is 5.26 Å². The number of carbonyl (C=O) groups is 1. The predicted octanol–water partition coefficient (Wildman–Crippen LogP) is 6.16. The average Bonchev–Trinajstić information content (AvgIpc) is 2.73. The second-order valence-electron chi connectivity index (χ2n) is 7.35.